The van der Waals surface area contributed by atoms with Gasteiger partial charge >= 0.3 is 5.97 Å². The van der Waals surface area contributed by atoms with Crippen LogP contribution in [0, 0.1) is 11.8 Å². The molecular weight excluding hydrogens is 723 g/mol. The summed E-state index contributed by atoms with van der Waals surface area (Å²) in [5.74, 6) is -1.90. The molecule has 310 valence electrons. The second-order valence-corrected chi connectivity index (χ2v) is 17.8. The monoisotopic (exact) mass is 785 g/mol. The highest BCUT2D eigenvalue weighted by molar-refractivity contribution is 6.16. The maximum Gasteiger partial charge on any atom is 0.303 e. The molecule has 1 fully saturated rings. The molecule has 5 unspecified atom stereocenters. The number of allylic oxidation sites excluding steroid dienone is 5. The fourth-order valence-electron chi connectivity index (χ4n) is 8.58. The van der Waals surface area contributed by atoms with Crippen molar-refractivity contribution in [2.24, 2.45) is 11.8 Å². The highest BCUT2D eigenvalue weighted by atomic mass is 16.5. The predicted octanol–water partition coefficient (Wildman–Crippen LogP) is 9.33. The summed E-state index contributed by atoms with van der Waals surface area (Å²) in [4.78, 5) is 52.7. The fraction of sp³-hybridized carbons (Fsp3) is 0.574. The van der Waals surface area contributed by atoms with E-state index in [0.29, 0.717) is 59.6 Å². The Morgan fingerprint density at radius 1 is 0.930 bits per heavy atom. The normalized spacial score (nSPS) is 25.7. The average Bonchev–Trinajstić information content (AvgIpc) is 3.18. The summed E-state index contributed by atoms with van der Waals surface area (Å²) in [6.45, 7) is 18.0. The number of phenolic OH excluding ortho intramolecular Hbond substituents is 1. The van der Waals surface area contributed by atoms with Crippen LogP contribution < -0.4 is 14.8 Å². The summed E-state index contributed by atoms with van der Waals surface area (Å²) in [6, 6.07) is 0. The summed E-state index contributed by atoms with van der Waals surface area (Å²) in [6.07, 6.45) is 17.6. The van der Waals surface area contributed by atoms with Crippen molar-refractivity contribution in [1.29, 1.82) is 0 Å². The van der Waals surface area contributed by atoms with Gasteiger partial charge in [0.25, 0.3) is 0 Å². The van der Waals surface area contributed by atoms with Crippen LogP contribution >= 0.6 is 0 Å². The van der Waals surface area contributed by atoms with Gasteiger partial charge in [0.15, 0.2) is 11.6 Å². The number of fused-ring (bicyclic) bond motifs is 6. The van der Waals surface area contributed by atoms with Crippen molar-refractivity contribution >= 4 is 29.5 Å². The van der Waals surface area contributed by atoms with Crippen LogP contribution in [0.1, 0.15) is 148 Å². The minimum absolute atomic E-state index is 0.0881. The number of carbonyl (C=O) groups excluding carboxylic acids is 3. The van der Waals surface area contributed by atoms with Crippen LogP contribution in [0.25, 0.3) is 6.08 Å². The number of amides is 1. The van der Waals surface area contributed by atoms with Gasteiger partial charge < -0.3 is 29.7 Å². The van der Waals surface area contributed by atoms with E-state index >= 15 is 0 Å². The van der Waals surface area contributed by atoms with Crippen LogP contribution in [-0.2, 0) is 25.5 Å². The number of aliphatic carboxylic acids is 1. The Hall–Kier alpha value is -4.44. The number of nitrogens with one attached hydrogen (secondary N) is 1. The van der Waals surface area contributed by atoms with E-state index in [9.17, 15) is 24.3 Å². The lowest BCUT2D eigenvalue weighted by Crippen LogP contribution is -2.50. The first-order valence-corrected chi connectivity index (χ1v) is 20.7. The van der Waals surface area contributed by atoms with Gasteiger partial charge in [-0.05, 0) is 113 Å². The van der Waals surface area contributed by atoms with Crippen LogP contribution in [0.15, 0.2) is 52.7 Å². The molecule has 3 aliphatic heterocycles. The van der Waals surface area contributed by atoms with Crippen LogP contribution in [-0.4, -0.2) is 63.1 Å². The second-order valence-electron chi connectivity index (χ2n) is 17.8. The predicted molar refractivity (Wildman–Crippen MR) is 222 cm³/mol. The third-order valence-corrected chi connectivity index (χ3v) is 11.9. The molecule has 5 atom stereocenters. The number of hydrogen-bond acceptors (Lipinski definition) is 8. The number of Topliss-reactive ketones (excluding diaryl/α,β-unsaturated/α-hetero) is 2. The molecule has 0 aromatic heterocycles. The van der Waals surface area contributed by atoms with Crippen LogP contribution in [0.3, 0.4) is 0 Å². The average molecular weight is 786 g/mol. The number of carbonyl (C=O) groups is 4. The molecule has 4 aliphatic rings. The first kappa shape index (κ1) is 43.7. The number of ether oxygens (including phenoxy) is 3. The Kier molecular flexibility index (Phi) is 13.5. The number of ketones is 2. The van der Waals surface area contributed by atoms with E-state index in [4.69, 9.17) is 19.3 Å². The van der Waals surface area contributed by atoms with Crippen molar-refractivity contribution in [2.45, 2.75) is 156 Å². The van der Waals surface area contributed by atoms with Crippen LogP contribution in [0.2, 0.25) is 0 Å². The number of unbranched alkanes of at least 4 members (excludes halogenated alkanes) is 4. The zero-order valence-corrected chi connectivity index (χ0v) is 35.4. The van der Waals surface area contributed by atoms with E-state index in [2.05, 4.69) is 31.3 Å². The van der Waals surface area contributed by atoms with Gasteiger partial charge in [-0.25, -0.2) is 0 Å². The molecule has 0 spiro atoms. The molecule has 0 saturated carbocycles. The van der Waals surface area contributed by atoms with Gasteiger partial charge in [-0.15, -0.1) is 0 Å². The lowest BCUT2D eigenvalue weighted by atomic mass is 9.69. The van der Waals surface area contributed by atoms with Gasteiger partial charge in [-0.1, -0.05) is 54.7 Å². The molecule has 2 bridgehead atoms. The van der Waals surface area contributed by atoms with E-state index in [1.165, 1.54) is 5.57 Å². The summed E-state index contributed by atoms with van der Waals surface area (Å²) in [5, 5.41) is 23.6. The summed E-state index contributed by atoms with van der Waals surface area (Å²) < 4.78 is 20.5. The molecule has 57 heavy (non-hydrogen) atoms. The van der Waals surface area contributed by atoms with Crippen molar-refractivity contribution in [1.82, 2.24) is 5.32 Å². The Morgan fingerprint density at radius 2 is 1.61 bits per heavy atom. The zero-order chi connectivity index (χ0) is 41.9. The molecule has 1 saturated heterocycles. The highest BCUT2D eigenvalue weighted by Crippen LogP contribution is 2.55. The van der Waals surface area contributed by atoms with E-state index in [0.717, 1.165) is 44.1 Å². The topological polar surface area (TPSA) is 148 Å². The van der Waals surface area contributed by atoms with Gasteiger partial charge in [-0.2, -0.15) is 0 Å². The Morgan fingerprint density at radius 3 is 2.30 bits per heavy atom. The lowest BCUT2D eigenvalue weighted by molar-refractivity contribution is -0.171. The molecule has 10 nitrogen and oxygen atoms in total. The van der Waals surface area contributed by atoms with Crippen molar-refractivity contribution in [3.63, 3.8) is 0 Å². The van der Waals surface area contributed by atoms with E-state index in [1.807, 2.05) is 46.8 Å². The van der Waals surface area contributed by atoms with Crippen LogP contribution in [0.4, 0.5) is 0 Å². The minimum atomic E-state index is -1.29. The first-order valence-electron chi connectivity index (χ1n) is 20.7. The van der Waals surface area contributed by atoms with Crippen molar-refractivity contribution < 1.29 is 43.6 Å². The Balaban J connectivity index is 1.39. The molecule has 1 amide bonds. The van der Waals surface area contributed by atoms with E-state index in [1.54, 1.807) is 26.0 Å². The van der Waals surface area contributed by atoms with Gasteiger partial charge in [0, 0.05) is 47.9 Å². The number of phenols is 1. The highest BCUT2D eigenvalue weighted by Gasteiger charge is 2.57. The molecule has 1 aromatic carbocycles. The zero-order valence-electron chi connectivity index (χ0n) is 35.4. The van der Waals surface area contributed by atoms with E-state index < -0.39 is 34.8 Å². The summed E-state index contributed by atoms with van der Waals surface area (Å²) >= 11 is 0. The molecular formula is C47H63NO9. The van der Waals surface area contributed by atoms with Crippen molar-refractivity contribution in [2.75, 3.05) is 6.54 Å². The molecule has 0 radical (unpaired) electrons. The van der Waals surface area contributed by atoms with Gasteiger partial charge in [0.1, 0.15) is 40.1 Å². The maximum atomic E-state index is 14.7. The quantitative estimate of drug-likeness (QED) is 0.0847. The molecule has 3 heterocycles. The Bertz CT molecular complexity index is 1920. The second kappa shape index (κ2) is 17.6. The molecule has 1 aromatic rings. The minimum Gasteiger partial charge on any atom is -0.506 e. The number of hydrogen-bond donors (Lipinski definition) is 3. The first-order chi connectivity index (χ1) is 26.8. The number of rotatable bonds is 16. The largest absolute Gasteiger partial charge is 0.506 e. The Labute approximate surface area is 338 Å². The maximum absolute atomic E-state index is 14.7. The molecule has 10 heteroatoms. The van der Waals surface area contributed by atoms with Gasteiger partial charge in [-0.3, -0.25) is 19.2 Å². The number of carboxylic acids is 1. The van der Waals surface area contributed by atoms with E-state index in [-0.39, 0.29) is 47.5 Å². The van der Waals surface area contributed by atoms with Crippen LogP contribution in [0.5, 0.6) is 17.2 Å². The summed E-state index contributed by atoms with van der Waals surface area (Å²) in [7, 11) is 0. The fourth-order valence-corrected chi connectivity index (χ4v) is 8.58. The number of carboxylic acid groups (broad SMARTS) is 1. The number of aromatic hydroxyl groups is 1. The van der Waals surface area contributed by atoms with Gasteiger partial charge in [0.05, 0.1) is 11.2 Å². The van der Waals surface area contributed by atoms with Crippen molar-refractivity contribution in [3.8, 4) is 17.2 Å². The third-order valence-electron chi connectivity index (χ3n) is 11.9. The molecule has 1 aliphatic carbocycles. The summed E-state index contributed by atoms with van der Waals surface area (Å²) in [5.41, 5.74) is 1.54. The lowest BCUT2D eigenvalue weighted by Gasteiger charge is -2.45. The SMILES string of the molecule is CC(C)=CCCC1(C)C=Cc2c(O)c3c(c(CC=C(C)C)c2O1)OC1C(=CC2CC1C(C)(C)OC(C)(C/C=C(/C)C(=O)NCCCCCCCC(=O)O)C2=O)C3=O. The number of benzene rings is 1. The molecule has 3 N–H and O–H groups in total. The smallest absolute Gasteiger partial charge is 0.303 e. The molecule has 5 rings (SSSR count). The van der Waals surface area contributed by atoms with Crippen molar-refractivity contribution in [3.05, 3.63) is 69.4 Å². The standard InChI is InChI=1S/C47H63NO9/c1-28(2)16-15-22-46(8)23-21-32-38(51)37-39(52)34-26-31-27-35(41(34)55-42(37)33(40(32)56-46)19-18-29(3)4)45(6,7)57-47(9,43(31)53)24-20-30(5)44(54)48-25-14-12-10-11-13-17-36(49)50/h16,18,20-21,23,26,31,35,41,51H,10-15,17,19,22,24-25,27H2,1-9H3,(H,48,54)(H,49,50)/b30-20-. The third kappa shape index (κ3) is 9.82. The van der Waals surface area contributed by atoms with Gasteiger partial charge in [0.2, 0.25) is 5.91 Å².